The van der Waals surface area contributed by atoms with Gasteiger partial charge in [-0.15, -0.1) is 11.3 Å². The van der Waals surface area contributed by atoms with Gasteiger partial charge >= 0.3 is 0 Å². The fourth-order valence-corrected chi connectivity index (χ4v) is 3.92. The summed E-state index contributed by atoms with van der Waals surface area (Å²) in [5.41, 5.74) is 11.1. The van der Waals surface area contributed by atoms with Gasteiger partial charge in [0, 0.05) is 31.3 Å². The summed E-state index contributed by atoms with van der Waals surface area (Å²) in [4.78, 5) is 13.0. The summed E-state index contributed by atoms with van der Waals surface area (Å²) in [7, 11) is 1.74. The number of carbonyl (C=O) groups excluding carboxylic acids is 1. The van der Waals surface area contributed by atoms with Gasteiger partial charge in [0.1, 0.15) is 16.0 Å². The summed E-state index contributed by atoms with van der Waals surface area (Å²) in [5, 5.41) is 5.82. The van der Waals surface area contributed by atoms with Crippen molar-refractivity contribution < 1.29 is 19.4 Å². The Morgan fingerprint density at radius 1 is 1.29 bits per heavy atom. The number of thiophene rings is 1. The molecule has 8 N–H and O–H groups in total. The summed E-state index contributed by atoms with van der Waals surface area (Å²) in [6.45, 7) is 1.94. The van der Waals surface area contributed by atoms with Crippen LogP contribution in [0.3, 0.4) is 0 Å². The average molecular weight is 431 g/mol. The number of quaternary nitrogens is 1. The molecule has 2 rings (SSSR count). The van der Waals surface area contributed by atoms with Crippen molar-refractivity contribution in [2.24, 2.45) is 5.73 Å². The van der Waals surface area contributed by atoms with E-state index in [0.29, 0.717) is 20.3 Å². The first-order valence-electron chi connectivity index (χ1n) is 8.46. The van der Waals surface area contributed by atoms with E-state index in [1.807, 2.05) is 6.92 Å². The number of nitrogens with two attached hydrogens (primary N) is 1. The van der Waals surface area contributed by atoms with E-state index >= 15 is 0 Å². The number of allylic oxidation sites excluding steroid dienone is 1. The number of benzene rings is 1. The SMILES string of the molecule is CN/C(=C(/C)N[NH3+])c1cc(C(=O)N[C@H](CN)Cc2cc(F)cc(F)c2)sc1Cl. The minimum Gasteiger partial charge on any atom is -0.386 e. The first-order chi connectivity index (χ1) is 13.3. The molecule has 0 aliphatic heterocycles. The first kappa shape index (κ1) is 22.1. The Hall–Kier alpha value is -2.20. The number of amides is 1. The van der Waals surface area contributed by atoms with Gasteiger partial charge in [-0.1, -0.05) is 11.6 Å². The second kappa shape index (κ2) is 9.83. The highest BCUT2D eigenvalue weighted by Crippen LogP contribution is 2.32. The number of hydrogen-bond acceptors (Lipinski definition) is 5. The zero-order chi connectivity index (χ0) is 20.8. The molecule has 0 spiro atoms. The zero-order valence-corrected chi connectivity index (χ0v) is 17.1. The number of rotatable bonds is 8. The molecule has 0 aliphatic carbocycles. The van der Waals surface area contributed by atoms with E-state index in [1.54, 1.807) is 13.1 Å². The molecule has 1 aromatic heterocycles. The summed E-state index contributed by atoms with van der Waals surface area (Å²) < 4.78 is 27.2. The van der Waals surface area contributed by atoms with Gasteiger partial charge < -0.3 is 16.4 Å². The van der Waals surface area contributed by atoms with Crippen LogP contribution in [0.15, 0.2) is 30.0 Å². The van der Waals surface area contributed by atoms with Gasteiger partial charge in [-0.3, -0.25) is 10.6 Å². The highest BCUT2D eigenvalue weighted by molar-refractivity contribution is 7.18. The van der Waals surface area contributed by atoms with Crippen LogP contribution in [0.1, 0.15) is 27.7 Å². The molecule has 10 heteroatoms. The number of carbonyl (C=O) groups is 1. The molecule has 0 saturated heterocycles. The van der Waals surface area contributed by atoms with Gasteiger partial charge in [-0.05, 0) is 37.1 Å². The molecule has 0 bridgehead atoms. The maximum atomic E-state index is 13.4. The maximum Gasteiger partial charge on any atom is 0.261 e. The minimum absolute atomic E-state index is 0.113. The molecule has 0 saturated carbocycles. The van der Waals surface area contributed by atoms with Gasteiger partial charge in [0.05, 0.1) is 16.3 Å². The van der Waals surface area contributed by atoms with Gasteiger partial charge in [0.2, 0.25) is 0 Å². The molecular formula is C18H23ClF2N5OS+. The first-order valence-corrected chi connectivity index (χ1v) is 9.65. The van der Waals surface area contributed by atoms with E-state index in [0.717, 1.165) is 28.8 Å². The molecule has 152 valence electrons. The summed E-state index contributed by atoms with van der Waals surface area (Å²) in [6, 6.07) is 4.42. The van der Waals surface area contributed by atoms with Crippen LogP contribution in [0.5, 0.6) is 0 Å². The lowest BCUT2D eigenvalue weighted by Crippen LogP contribution is -2.63. The van der Waals surface area contributed by atoms with Crippen molar-refractivity contribution in [3.05, 3.63) is 61.9 Å². The molecule has 0 aliphatic rings. The summed E-state index contributed by atoms with van der Waals surface area (Å²) in [6.07, 6.45) is 0.203. The van der Waals surface area contributed by atoms with E-state index in [4.69, 9.17) is 17.3 Å². The Bertz CT molecular complexity index is 867. The second-order valence-corrected chi connectivity index (χ2v) is 7.77. The van der Waals surface area contributed by atoms with Gasteiger partial charge in [-0.2, -0.15) is 0 Å². The van der Waals surface area contributed by atoms with Crippen LogP contribution >= 0.6 is 22.9 Å². The normalized spacial score (nSPS) is 13.0. The van der Waals surface area contributed by atoms with Gasteiger partial charge in [-0.25, -0.2) is 14.2 Å². The lowest BCUT2D eigenvalue weighted by atomic mass is 10.1. The average Bonchev–Trinajstić information content (AvgIpc) is 3.02. The van der Waals surface area contributed by atoms with Crippen LogP contribution in [0.4, 0.5) is 8.78 Å². The molecular weight excluding hydrogens is 408 g/mol. The van der Waals surface area contributed by atoms with Crippen molar-refractivity contribution in [1.29, 1.82) is 0 Å². The van der Waals surface area contributed by atoms with Crippen LogP contribution in [-0.2, 0) is 6.42 Å². The third-order valence-electron chi connectivity index (χ3n) is 4.09. The summed E-state index contributed by atoms with van der Waals surface area (Å²) >= 11 is 7.43. The van der Waals surface area contributed by atoms with Crippen LogP contribution < -0.4 is 27.6 Å². The Labute approximate surface area is 170 Å². The molecule has 0 unspecified atom stereocenters. The number of halogens is 3. The van der Waals surface area contributed by atoms with E-state index < -0.39 is 17.7 Å². The van der Waals surface area contributed by atoms with Crippen molar-refractivity contribution in [3.8, 4) is 0 Å². The van der Waals surface area contributed by atoms with E-state index in [1.165, 1.54) is 12.1 Å². The highest BCUT2D eigenvalue weighted by Gasteiger charge is 2.20. The fourth-order valence-electron chi connectivity index (χ4n) is 2.73. The molecule has 1 amide bonds. The quantitative estimate of drug-likeness (QED) is 0.410. The smallest absolute Gasteiger partial charge is 0.261 e. The van der Waals surface area contributed by atoms with Crippen molar-refractivity contribution in [2.45, 2.75) is 19.4 Å². The molecule has 0 fully saturated rings. The van der Waals surface area contributed by atoms with E-state index in [-0.39, 0.29) is 18.9 Å². The van der Waals surface area contributed by atoms with Crippen LogP contribution in [0.25, 0.3) is 5.70 Å². The highest BCUT2D eigenvalue weighted by atomic mass is 35.5. The lowest BCUT2D eigenvalue weighted by Gasteiger charge is -2.16. The van der Waals surface area contributed by atoms with Crippen LogP contribution in [0, 0.1) is 11.6 Å². The Kier molecular flexibility index (Phi) is 7.76. The lowest BCUT2D eigenvalue weighted by molar-refractivity contribution is -0.431. The summed E-state index contributed by atoms with van der Waals surface area (Å²) in [5.74, 6) is 1.91. The fraction of sp³-hybridized carbons (Fsp3) is 0.278. The topological polar surface area (TPSA) is 107 Å². The van der Waals surface area contributed by atoms with Gasteiger partial charge in [0.25, 0.3) is 5.91 Å². The van der Waals surface area contributed by atoms with Gasteiger partial charge in [0.15, 0.2) is 0 Å². The zero-order valence-electron chi connectivity index (χ0n) is 15.5. The van der Waals surface area contributed by atoms with E-state index in [9.17, 15) is 13.6 Å². The Morgan fingerprint density at radius 2 is 1.93 bits per heavy atom. The number of nitrogens with one attached hydrogen (secondary N) is 3. The minimum atomic E-state index is -0.674. The maximum absolute atomic E-state index is 13.4. The molecule has 1 heterocycles. The predicted molar refractivity (Wildman–Crippen MR) is 107 cm³/mol. The van der Waals surface area contributed by atoms with Crippen LogP contribution in [-0.4, -0.2) is 25.5 Å². The third kappa shape index (κ3) is 5.41. The third-order valence-corrected chi connectivity index (χ3v) is 5.45. The molecule has 0 radical (unpaired) electrons. The largest absolute Gasteiger partial charge is 0.386 e. The van der Waals surface area contributed by atoms with Crippen molar-refractivity contribution >= 4 is 34.5 Å². The Morgan fingerprint density at radius 3 is 2.46 bits per heavy atom. The Balaban J connectivity index is 2.18. The van der Waals surface area contributed by atoms with Crippen molar-refractivity contribution in [1.82, 2.24) is 16.1 Å². The molecule has 1 atom stereocenters. The van der Waals surface area contributed by atoms with Crippen molar-refractivity contribution in [2.75, 3.05) is 13.6 Å². The molecule has 2 aromatic rings. The predicted octanol–water partition coefficient (Wildman–Crippen LogP) is 1.63. The molecule has 1 aromatic carbocycles. The molecule has 6 nitrogen and oxygen atoms in total. The monoisotopic (exact) mass is 430 g/mol. The second-order valence-electron chi connectivity index (χ2n) is 6.11. The molecule has 28 heavy (non-hydrogen) atoms. The number of hydrogen-bond donors (Lipinski definition) is 5. The van der Waals surface area contributed by atoms with Crippen molar-refractivity contribution in [3.63, 3.8) is 0 Å². The van der Waals surface area contributed by atoms with E-state index in [2.05, 4.69) is 21.9 Å². The van der Waals surface area contributed by atoms with Crippen LogP contribution in [0.2, 0.25) is 4.34 Å². The standard InChI is InChI=1S/C18H22ClF2N5OS/c1-9(26-23)16(24-2)14-7-15(28-17(14)19)18(27)25-13(8-22)5-10-3-11(20)6-12(21)4-10/h3-4,6-7,13,24,26H,5,8,22-23H2,1-2H3,(H,25,27)/p+1/b16-9-/t13-/m0/s1.